The van der Waals surface area contributed by atoms with Crippen LogP contribution in [0.4, 0.5) is 0 Å². The fraction of sp³-hybridized carbons (Fsp3) is 0.545. The molecular weight excluding hydrogens is 368 g/mol. The van der Waals surface area contributed by atoms with E-state index in [0.717, 1.165) is 30.0 Å². The van der Waals surface area contributed by atoms with E-state index in [2.05, 4.69) is 47.4 Å². The average Bonchev–Trinajstić information content (AvgIpc) is 3.04. The normalized spacial score (nSPS) is 21.8. The van der Waals surface area contributed by atoms with E-state index in [-0.39, 0.29) is 5.91 Å². The van der Waals surface area contributed by atoms with E-state index in [9.17, 15) is 4.79 Å². The van der Waals surface area contributed by atoms with Gasteiger partial charge in [-0.1, -0.05) is 24.6 Å². The first-order valence-electron chi connectivity index (χ1n) is 10.4. The third-order valence-corrected chi connectivity index (χ3v) is 7.23. The molecule has 2 aliphatic heterocycles. The molecule has 28 heavy (non-hydrogen) atoms. The number of likely N-dealkylation sites (tertiary alicyclic amines) is 1. The maximum atomic E-state index is 12.8. The van der Waals surface area contributed by atoms with E-state index < -0.39 is 0 Å². The maximum absolute atomic E-state index is 12.8. The predicted octanol–water partition coefficient (Wildman–Crippen LogP) is 4.08. The molecule has 3 heterocycles. The Hall–Kier alpha value is -1.79. The highest BCUT2D eigenvalue weighted by atomic mass is 32.2. The van der Waals surface area contributed by atoms with Crippen molar-refractivity contribution >= 4 is 17.7 Å². The second-order valence-corrected chi connectivity index (χ2v) is 9.08. The molecule has 0 bridgehead atoms. The fourth-order valence-corrected chi connectivity index (χ4v) is 5.69. The first kappa shape index (κ1) is 19.5. The van der Waals surface area contributed by atoms with Gasteiger partial charge in [-0.25, -0.2) is 0 Å². The number of rotatable bonds is 5. The van der Waals surface area contributed by atoms with Gasteiger partial charge in [-0.05, 0) is 39.2 Å². The zero-order valence-electron chi connectivity index (χ0n) is 17.1. The molecule has 150 valence electrons. The van der Waals surface area contributed by atoms with E-state index in [1.54, 1.807) is 11.8 Å². The van der Waals surface area contributed by atoms with Crippen molar-refractivity contribution in [2.75, 3.05) is 13.1 Å². The van der Waals surface area contributed by atoms with Gasteiger partial charge in [0.25, 0.3) is 5.91 Å². The van der Waals surface area contributed by atoms with E-state index in [1.807, 2.05) is 17.8 Å². The zero-order valence-corrected chi connectivity index (χ0v) is 17.9. The van der Waals surface area contributed by atoms with Crippen LogP contribution in [0.25, 0.3) is 11.3 Å². The molecule has 0 saturated carbocycles. The van der Waals surface area contributed by atoms with Crippen molar-refractivity contribution in [2.24, 2.45) is 7.05 Å². The summed E-state index contributed by atoms with van der Waals surface area (Å²) in [6, 6.07) is 9.66. The first-order chi connectivity index (χ1) is 13.6. The summed E-state index contributed by atoms with van der Waals surface area (Å²) >= 11 is 1.78. The Morgan fingerprint density at radius 3 is 2.79 bits per heavy atom. The topological polar surface area (TPSA) is 50.2 Å². The monoisotopic (exact) mass is 398 g/mol. The minimum absolute atomic E-state index is 0.0448. The number of amides is 1. The van der Waals surface area contributed by atoms with Crippen LogP contribution in [0.5, 0.6) is 0 Å². The summed E-state index contributed by atoms with van der Waals surface area (Å²) in [7, 11) is 1.93. The van der Waals surface area contributed by atoms with Crippen LogP contribution in [0.1, 0.15) is 55.6 Å². The molecule has 1 aromatic heterocycles. The Kier molecular flexibility index (Phi) is 5.78. The van der Waals surface area contributed by atoms with Crippen LogP contribution in [0.15, 0.2) is 29.2 Å². The lowest BCUT2D eigenvalue weighted by Crippen LogP contribution is -2.44. The number of piperidine rings is 1. The summed E-state index contributed by atoms with van der Waals surface area (Å²) in [6.45, 7) is 6.39. The number of aromatic nitrogens is 2. The number of carbonyl (C=O) groups is 1. The number of nitrogens with one attached hydrogen (secondary N) is 1. The van der Waals surface area contributed by atoms with Crippen LogP contribution in [0, 0.1) is 0 Å². The Labute approximate surface area is 171 Å². The lowest BCUT2D eigenvalue weighted by molar-refractivity contribution is 0.0920. The van der Waals surface area contributed by atoms with Crippen LogP contribution in [0.2, 0.25) is 0 Å². The number of fused-ring (bicyclic) bond motifs is 3. The molecule has 0 unspecified atom stereocenters. The number of thioether (sulfide) groups is 1. The molecule has 2 aliphatic rings. The van der Waals surface area contributed by atoms with Crippen molar-refractivity contribution in [3.63, 3.8) is 0 Å². The van der Waals surface area contributed by atoms with Crippen LogP contribution < -0.4 is 5.32 Å². The van der Waals surface area contributed by atoms with Crippen molar-refractivity contribution in [3.05, 3.63) is 35.5 Å². The second kappa shape index (κ2) is 8.29. The van der Waals surface area contributed by atoms with Gasteiger partial charge in [0.1, 0.15) is 0 Å². The van der Waals surface area contributed by atoms with E-state index >= 15 is 0 Å². The van der Waals surface area contributed by atoms with Gasteiger partial charge in [0.05, 0.1) is 5.69 Å². The average molecular weight is 399 g/mol. The maximum Gasteiger partial charge on any atom is 0.272 e. The summed E-state index contributed by atoms with van der Waals surface area (Å²) in [6.07, 6.45) is 4.89. The third-order valence-electron chi connectivity index (χ3n) is 6.13. The van der Waals surface area contributed by atoms with Gasteiger partial charge in [-0.3, -0.25) is 14.4 Å². The molecule has 6 heteroatoms. The number of hydrogen-bond donors (Lipinski definition) is 1. The van der Waals surface area contributed by atoms with Gasteiger partial charge >= 0.3 is 0 Å². The van der Waals surface area contributed by atoms with Gasteiger partial charge in [-0.2, -0.15) is 5.10 Å². The molecule has 1 aromatic carbocycles. The third kappa shape index (κ3) is 3.72. The molecule has 1 fully saturated rings. The van der Waals surface area contributed by atoms with Gasteiger partial charge in [0.2, 0.25) is 0 Å². The molecule has 2 aromatic rings. The summed E-state index contributed by atoms with van der Waals surface area (Å²) in [5, 5.41) is 7.67. The van der Waals surface area contributed by atoms with Crippen LogP contribution in [-0.2, 0) is 12.8 Å². The molecule has 4 rings (SSSR count). The van der Waals surface area contributed by atoms with Crippen molar-refractivity contribution in [1.29, 1.82) is 0 Å². The van der Waals surface area contributed by atoms with Gasteiger partial charge in [0, 0.05) is 54.0 Å². The van der Waals surface area contributed by atoms with E-state index in [1.165, 1.54) is 29.7 Å². The molecular formula is C22H30N4OS. The molecule has 1 amide bonds. The zero-order chi connectivity index (χ0) is 19.7. The molecule has 1 N–H and O–H groups in total. The largest absolute Gasteiger partial charge is 0.351 e. The predicted molar refractivity (Wildman–Crippen MR) is 115 cm³/mol. The number of hydrogen-bond acceptors (Lipinski definition) is 4. The molecule has 1 saturated heterocycles. The van der Waals surface area contributed by atoms with E-state index in [4.69, 9.17) is 0 Å². The van der Waals surface area contributed by atoms with Crippen molar-refractivity contribution in [1.82, 2.24) is 20.0 Å². The Morgan fingerprint density at radius 2 is 2.00 bits per heavy atom. The molecule has 0 spiro atoms. The molecule has 0 aliphatic carbocycles. The quantitative estimate of drug-likeness (QED) is 0.771. The number of carbonyl (C=O) groups excluding carboxylic acids is 1. The Balaban J connectivity index is 1.39. The minimum atomic E-state index is -0.0448. The summed E-state index contributed by atoms with van der Waals surface area (Å²) in [4.78, 5) is 16.7. The highest BCUT2D eigenvalue weighted by Gasteiger charge is 2.28. The standard InChI is InChI=1S/C22H30N4OS/c1-15-8-6-9-16(2)26(15)13-7-12-23-22(27)20-18-14-28-19-11-5-4-10-17(19)21(18)25(3)24-20/h4-5,10-11,15-16H,6-9,12-14H2,1-3H3,(H,23,27)/t15-,16+. The second-order valence-electron chi connectivity index (χ2n) is 8.06. The number of nitrogens with zero attached hydrogens (tertiary/aromatic N) is 3. The first-order valence-corrected chi connectivity index (χ1v) is 11.4. The SMILES string of the molecule is C[C@@H]1CCC[C@H](C)N1CCCNC(=O)c1nn(C)c2c1CSc1ccccc1-2. The Morgan fingerprint density at radius 1 is 1.25 bits per heavy atom. The lowest BCUT2D eigenvalue weighted by atomic mass is 9.97. The number of benzene rings is 1. The van der Waals surface area contributed by atoms with Crippen molar-refractivity contribution < 1.29 is 4.79 Å². The lowest BCUT2D eigenvalue weighted by Gasteiger charge is -2.39. The fourth-order valence-electron chi connectivity index (χ4n) is 4.62. The molecule has 2 atom stereocenters. The minimum Gasteiger partial charge on any atom is -0.351 e. The number of aryl methyl sites for hydroxylation is 1. The highest BCUT2D eigenvalue weighted by Crippen LogP contribution is 2.42. The van der Waals surface area contributed by atoms with Gasteiger partial charge in [-0.15, -0.1) is 11.8 Å². The molecule has 5 nitrogen and oxygen atoms in total. The Bertz CT molecular complexity index is 852. The van der Waals surface area contributed by atoms with Crippen LogP contribution in [0.3, 0.4) is 0 Å². The van der Waals surface area contributed by atoms with Gasteiger partial charge < -0.3 is 5.32 Å². The van der Waals surface area contributed by atoms with Crippen LogP contribution in [-0.4, -0.2) is 45.8 Å². The molecule has 0 radical (unpaired) electrons. The summed E-state index contributed by atoms with van der Waals surface area (Å²) in [5.41, 5.74) is 3.90. The van der Waals surface area contributed by atoms with E-state index in [0.29, 0.717) is 24.3 Å². The van der Waals surface area contributed by atoms with Crippen molar-refractivity contribution in [3.8, 4) is 11.3 Å². The van der Waals surface area contributed by atoms with Crippen LogP contribution >= 0.6 is 11.8 Å². The van der Waals surface area contributed by atoms with Gasteiger partial charge in [0.15, 0.2) is 5.69 Å². The van der Waals surface area contributed by atoms with Crippen molar-refractivity contribution in [2.45, 2.75) is 62.3 Å². The summed E-state index contributed by atoms with van der Waals surface area (Å²) < 4.78 is 1.86. The highest BCUT2D eigenvalue weighted by molar-refractivity contribution is 7.98. The summed E-state index contributed by atoms with van der Waals surface area (Å²) in [5.74, 6) is 0.753. The smallest absolute Gasteiger partial charge is 0.272 e.